The predicted octanol–water partition coefficient (Wildman–Crippen LogP) is 1.82. The molecule has 19 heavy (non-hydrogen) atoms. The molecule has 0 radical (unpaired) electrons. The van der Waals surface area contributed by atoms with E-state index in [4.69, 9.17) is 5.11 Å². The fraction of sp³-hybridized carbons (Fsp3) is 0.643. The minimum absolute atomic E-state index is 0.283. The molecule has 0 spiro atoms. The van der Waals surface area contributed by atoms with Crippen LogP contribution < -0.4 is 4.90 Å². The fourth-order valence-corrected chi connectivity index (χ4v) is 2.63. The van der Waals surface area contributed by atoms with E-state index < -0.39 is 5.97 Å². The van der Waals surface area contributed by atoms with E-state index in [9.17, 15) is 4.79 Å². The Bertz CT molecular complexity index is 484. The van der Waals surface area contributed by atoms with Gasteiger partial charge in [-0.05, 0) is 45.6 Å². The zero-order valence-electron chi connectivity index (χ0n) is 11.8. The van der Waals surface area contributed by atoms with Crippen LogP contribution in [-0.2, 0) is 17.6 Å². The Morgan fingerprint density at radius 3 is 2.63 bits per heavy atom. The smallest absolute Gasteiger partial charge is 0.306 e. The van der Waals surface area contributed by atoms with Crippen molar-refractivity contribution in [2.24, 2.45) is 5.92 Å². The molecule has 1 atom stereocenters. The molecule has 1 aliphatic carbocycles. The van der Waals surface area contributed by atoms with Crippen molar-refractivity contribution in [3.63, 3.8) is 0 Å². The summed E-state index contributed by atoms with van der Waals surface area (Å²) in [6.45, 7) is 7.89. The summed E-state index contributed by atoms with van der Waals surface area (Å²) in [6, 6.07) is 0. The molecule has 1 unspecified atom stereocenters. The standard InChI is InChI=1S/C14H21N3O2/c1-4-17(5-2)14-15-9(3)11-8-10(13(18)19)6-7-12(11)16-14/h10H,4-8H2,1-3H3,(H,18,19). The summed E-state index contributed by atoms with van der Waals surface area (Å²) in [5.74, 6) is -0.220. The first-order valence-electron chi connectivity index (χ1n) is 6.90. The Kier molecular flexibility index (Phi) is 4.02. The van der Waals surface area contributed by atoms with Gasteiger partial charge in [-0.2, -0.15) is 0 Å². The van der Waals surface area contributed by atoms with Gasteiger partial charge in [0.2, 0.25) is 5.95 Å². The van der Waals surface area contributed by atoms with E-state index in [2.05, 4.69) is 28.7 Å². The third kappa shape index (κ3) is 2.69. The number of carboxylic acids is 1. The maximum Gasteiger partial charge on any atom is 0.306 e. The zero-order chi connectivity index (χ0) is 14.0. The first-order valence-corrected chi connectivity index (χ1v) is 6.90. The number of anilines is 1. The molecule has 2 rings (SSSR count). The van der Waals surface area contributed by atoms with Crippen LogP contribution in [0.25, 0.3) is 0 Å². The van der Waals surface area contributed by atoms with Crippen molar-refractivity contribution in [1.29, 1.82) is 0 Å². The van der Waals surface area contributed by atoms with Gasteiger partial charge < -0.3 is 10.0 Å². The first-order chi connectivity index (χ1) is 9.06. The molecule has 0 aromatic carbocycles. The highest BCUT2D eigenvalue weighted by Gasteiger charge is 2.27. The highest BCUT2D eigenvalue weighted by atomic mass is 16.4. The largest absolute Gasteiger partial charge is 0.481 e. The highest BCUT2D eigenvalue weighted by molar-refractivity contribution is 5.71. The lowest BCUT2D eigenvalue weighted by atomic mass is 9.86. The molecular weight excluding hydrogens is 242 g/mol. The number of carboxylic acid groups (broad SMARTS) is 1. The third-order valence-electron chi connectivity index (χ3n) is 3.86. The molecule has 0 fully saturated rings. The van der Waals surface area contributed by atoms with Gasteiger partial charge in [0.15, 0.2) is 0 Å². The van der Waals surface area contributed by atoms with Gasteiger partial charge in [-0.15, -0.1) is 0 Å². The Hall–Kier alpha value is -1.65. The number of fused-ring (bicyclic) bond motifs is 1. The molecule has 104 valence electrons. The number of aliphatic carboxylic acids is 1. The second-order valence-electron chi connectivity index (χ2n) is 4.98. The molecular formula is C14H21N3O2. The van der Waals surface area contributed by atoms with Crippen LogP contribution in [0.5, 0.6) is 0 Å². The van der Waals surface area contributed by atoms with Gasteiger partial charge in [-0.1, -0.05) is 0 Å². The van der Waals surface area contributed by atoms with Crippen LogP contribution >= 0.6 is 0 Å². The quantitative estimate of drug-likeness (QED) is 0.897. The van der Waals surface area contributed by atoms with Crippen molar-refractivity contribution < 1.29 is 9.90 Å². The minimum atomic E-state index is -0.710. The van der Waals surface area contributed by atoms with Gasteiger partial charge in [-0.25, -0.2) is 9.97 Å². The summed E-state index contributed by atoms with van der Waals surface area (Å²) >= 11 is 0. The van der Waals surface area contributed by atoms with E-state index in [0.717, 1.165) is 42.4 Å². The summed E-state index contributed by atoms with van der Waals surface area (Å²) in [5.41, 5.74) is 3.00. The van der Waals surface area contributed by atoms with Gasteiger partial charge >= 0.3 is 5.97 Å². The molecule has 1 aromatic heterocycles. The van der Waals surface area contributed by atoms with Crippen molar-refractivity contribution in [3.8, 4) is 0 Å². The van der Waals surface area contributed by atoms with E-state index in [1.807, 2.05) is 6.92 Å². The summed E-state index contributed by atoms with van der Waals surface area (Å²) in [5, 5.41) is 9.12. The van der Waals surface area contributed by atoms with Crippen LogP contribution in [-0.4, -0.2) is 34.1 Å². The Labute approximate surface area is 113 Å². The van der Waals surface area contributed by atoms with Crippen LogP contribution in [0.4, 0.5) is 5.95 Å². The summed E-state index contributed by atoms with van der Waals surface area (Å²) in [4.78, 5) is 22.4. The molecule has 0 saturated heterocycles. The molecule has 0 saturated carbocycles. The van der Waals surface area contributed by atoms with Gasteiger partial charge in [0.25, 0.3) is 0 Å². The molecule has 1 heterocycles. The van der Waals surface area contributed by atoms with E-state index in [-0.39, 0.29) is 5.92 Å². The topological polar surface area (TPSA) is 66.3 Å². The Balaban J connectivity index is 2.33. The number of aryl methyl sites for hydroxylation is 2. The first kappa shape index (κ1) is 13.8. The van der Waals surface area contributed by atoms with Crippen molar-refractivity contribution in [2.45, 2.75) is 40.0 Å². The normalized spacial score (nSPS) is 17.9. The number of nitrogens with zero attached hydrogens (tertiary/aromatic N) is 3. The number of hydrogen-bond donors (Lipinski definition) is 1. The third-order valence-corrected chi connectivity index (χ3v) is 3.86. The number of aromatic nitrogens is 2. The van der Waals surface area contributed by atoms with Crippen molar-refractivity contribution in [3.05, 3.63) is 17.0 Å². The second kappa shape index (κ2) is 5.55. The SMILES string of the molecule is CCN(CC)c1nc(C)c2c(n1)CCC(C(=O)O)C2. The van der Waals surface area contributed by atoms with Gasteiger partial charge in [0, 0.05) is 24.5 Å². The molecule has 5 heteroatoms. The molecule has 5 nitrogen and oxygen atoms in total. The average molecular weight is 263 g/mol. The summed E-state index contributed by atoms with van der Waals surface area (Å²) in [7, 11) is 0. The van der Waals surface area contributed by atoms with E-state index in [0.29, 0.717) is 12.8 Å². The monoisotopic (exact) mass is 263 g/mol. The van der Waals surface area contributed by atoms with E-state index >= 15 is 0 Å². The lowest BCUT2D eigenvalue weighted by Crippen LogP contribution is -2.28. The predicted molar refractivity (Wildman–Crippen MR) is 73.5 cm³/mol. The van der Waals surface area contributed by atoms with Crippen molar-refractivity contribution in [2.75, 3.05) is 18.0 Å². The molecule has 0 bridgehead atoms. The number of carbonyl (C=O) groups is 1. The highest BCUT2D eigenvalue weighted by Crippen LogP contribution is 2.27. The molecule has 1 N–H and O–H groups in total. The molecule has 1 aliphatic rings. The van der Waals surface area contributed by atoms with Gasteiger partial charge in [0.05, 0.1) is 5.92 Å². The maximum atomic E-state index is 11.1. The Morgan fingerprint density at radius 2 is 2.05 bits per heavy atom. The van der Waals surface area contributed by atoms with Gasteiger partial charge in [0.1, 0.15) is 0 Å². The Morgan fingerprint density at radius 1 is 1.37 bits per heavy atom. The van der Waals surface area contributed by atoms with Crippen LogP contribution in [0.2, 0.25) is 0 Å². The summed E-state index contributed by atoms with van der Waals surface area (Å²) in [6.07, 6.45) is 1.98. The van der Waals surface area contributed by atoms with Crippen LogP contribution in [0.1, 0.15) is 37.2 Å². The van der Waals surface area contributed by atoms with Crippen LogP contribution in [0.3, 0.4) is 0 Å². The lowest BCUT2D eigenvalue weighted by molar-refractivity contribution is -0.142. The molecule has 0 aliphatic heterocycles. The van der Waals surface area contributed by atoms with Crippen LogP contribution in [0, 0.1) is 12.8 Å². The van der Waals surface area contributed by atoms with Crippen molar-refractivity contribution in [1.82, 2.24) is 9.97 Å². The number of hydrogen-bond acceptors (Lipinski definition) is 4. The van der Waals surface area contributed by atoms with Crippen molar-refractivity contribution >= 4 is 11.9 Å². The van der Waals surface area contributed by atoms with E-state index in [1.165, 1.54) is 0 Å². The molecule has 1 aromatic rings. The second-order valence-corrected chi connectivity index (χ2v) is 4.98. The number of rotatable bonds is 4. The van der Waals surface area contributed by atoms with Gasteiger partial charge in [-0.3, -0.25) is 4.79 Å². The lowest BCUT2D eigenvalue weighted by Gasteiger charge is -2.25. The zero-order valence-corrected chi connectivity index (χ0v) is 11.8. The minimum Gasteiger partial charge on any atom is -0.481 e. The fourth-order valence-electron chi connectivity index (χ4n) is 2.63. The van der Waals surface area contributed by atoms with E-state index in [1.54, 1.807) is 0 Å². The van der Waals surface area contributed by atoms with Crippen LogP contribution in [0.15, 0.2) is 0 Å². The summed E-state index contributed by atoms with van der Waals surface area (Å²) < 4.78 is 0. The molecule has 0 amide bonds. The maximum absolute atomic E-state index is 11.1. The average Bonchev–Trinajstić information content (AvgIpc) is 2.39.